The van der Waals surface area contributed by atoms with Gasteiger partial charge in [-0.15, -0.1) is 0 Å². The van der Waals surface area contributed by atoms with Crippen molar-refractivity contribution in [1.82, 2.24) is 9.80 Å². The Bertz CT molecular complexity index is 541. The number of nitrogens with zero attached hydrogens (tertiary/aromatic N) is 2. The van der Waals surface area contributed by atoms with Crippen molar-refractivity contribution in [2.45, 2.75) is 31.8 Å². The molecule has 2 saturated heterocycles. The molecule has 126 valence electrons. The highest BCUT2D eigenvalue weighted by Crippen LogP contribution is 2.24. The van der Waals surface area contributed by atoms with Gasteiger partial charge in [-0.2, -0.15) is 0 Å². The van der Waals surface area contributed by atoms with E-state index in [-0.39, 0.29) is 11.9 Å². The predicted octanol–water partition coefficient (Wildman–Crippen LogP) is 1.53. The third-order valence-corrected chi connectivity index (χ3v) is 5.13. The van der Waals surface area contributed by atoms with Gasteiger partial charge in [0, 0.05) is 32.4 Å². The third-order valence-electron chi connectivity index (χ3n) is 5.13. The largest absolute Gasteiger partial charge is 0.396 e. The fourth-order valence-electron chi connectivity index (χ4n) is 3.51. The molecule has 3 rings (SSSR count). The predicted molar refractivity (Wildman–Crippen MR) is 91.2 cm³/mol. The van der Waals surface area contributed by atoms with Crippen LogP contribution >= 0.6 is 0 Å². The Morgan fingerprint density at radius 3 is 2.57 bits per heavy atom. The number of aliphatic hydroxyl groups is 1. The zero-order chi connectivity index (χ0) is 16.2. The van der Waals surface area contributed by atoms with Crippen LogP contribution in [0, 0.1) is 5.92 Å². The van der Waals surface area contributed by atoms with Crippen molar-refractivity contribution in [3.05, 3.63) is 29.8 Å². The molecule has 1 aromatic carbocycles. The first-order valence-electron chi connectivity index (χ1n) is 8.60. The molecule has 2 aliphatic rings. The number of hydrogen-bond donors (Lipinski definition) is 2. The average molecular weight is 317 g/mol. The van der Waals surface area contributed by atoms with Gasteiger partial charge < -0.3 is 15.3 Å². The number of aliphatic hydroxyl groups excluding tert-OH is 1. The number of likely N-dealkylation sites (tertiary alicyclic amines) is 2. The number of carbonyl (C=O) groups is 1. The molecule has 1 amide bonds. The van der Waals surface area contributed by atoms with Crippen LogP contribution < -0.4 is 5.32 Å². The van der Waals surface area contributed by atoms with E-state index in [0.29, 0.717) is 12.5 Å². The Labute approximate surface area is 138 Å². The maximum Gasteiger partial charge on any atom is 0.244 e. The van der Waals surface area contributed by atoms with Gasteiger partial charge in [-0.05, 0) is 49.9 Å². The SMILES string of the molecule is CN1CCC(Nc2ccccc2CN2CCC(CO)CC2)C1=O. The van der Waals surface area contributed by atoms with Crippen LogP contribution in [0.3, 0.4) is 0 Å². The number of anilines is 1. The van der Waals surface area contributed by atoms with Crippen molar-refractivity contribution in [3.63, 3.8) is 0 Å². The lowest BCUT2D eigenvalue weighted by atomic mass is 9.97. The van der Waals surface area contributed by atoms with Crippen LogP contribution in [0.4, 0.5) is 5.69 Å². The van der Waals surface area contributed by atoms with E-state index in [9.17, 15) is 9.90 Å². The third kappa shape index (κ3) is 3.85. The molecule has 5 heteroatoms. The fraction of sp³-hybridized carbons (Fsp3) is 0.611. The summed E-state index contributed by atoms with van der Waals surface area (Å²) in [6.45, 7) is 4.10. The minimum atomic E-state index is -0.0960. The fourth-order valence-corrected chi connectivity index (χ4v) is 3.51. The van der Waals surface area contributed by atoms with Crippen molar-refractivity contribution >= 4 is 11.6 Å². The molecule has 0 spiro atoms. The van der Waals surface area contributed by atoms with Gasteiger partial charge in [-0.1, -0.05) is 18.2 Å². The molecular formula is C18H27N3O2. The lowest BCUT2D eigenvalue weighted by Crippen LogP contribution is -2.35. The number of benzene rings is 1. The Hall–Kier alpha value is -1.59. The van der Waals surface area contributed by atoms with Gasteiger partial charge in [0.1, 0.15) is 6.04 Å². The summed E-state index contributed by atoms with van der Waals surface area (Å²) in [4.78, 5) is 16.3. The van der Waals surface area contributed by atoms with E-state index in [1.54, 1.807) is 4.90 Å². The van der Waals surface area contributed by atoms with Gasteiger partial charge in [-0.25, -0.2) is 0 Å². The molecule has 1 unspecified atom stereocenters. The molecule has 0 radical (unpaired) electrons. The average Bonchev–Trinajstić information content (AvgIpc) is 2.89. The second-order valence-electron chi connectivity index (χ2n) is 6.80. The number of para-hydroxylation sites is 1. The van der Waals surface area contributed by atoms with E-state index < -0.39 is 0 Å². The summed E-state index contributed by atoms with van der Waals surface area (Å²) in [5.74, 6) is 0.648. The molecule has 23 heavy (non-hydrogen) atoms. The Kier molecular flexibility index (Phi) is 5.18. The lowest BCUT2D eigenvalue weighted by Gasteiger charge is -2.31. The molecule has 2 N–H and O–H groups in total. The second-order valence-corrected chi connectivity index (χ2v) is 6.80. The van der Waals surface area contributed by atoms with Gasteiger partial charge in [0.2, 0.25) is 5.91 Å². The molecule has 2 aliphatic heterocycles. The normalized spacial score (nSPS) is 23.5. The van der Waals surface area contributed by atoms with Crippen LogP contribution in [0.5, 0.6) is 0 Å². The summed E-state index contributed by atoms with van der Waals surface area (Å²) < 4.78 is 0. The standard InChI is InChI=1S/C18H27N3O2/c1-20-9-8-17(18(20)23)19-16-5-3-2-4-15(16)12-21-10-6-14(13-22)7-11-21/h2-5,14,17,19,22H,6-13H2,1H3. The highest BCUT2D eigenvalue weighted by Gasteiger charge is 2.29. The van der Waals surface area contributed by atoms with E-state index in [0.717, 1.165) is 51.1 Å². The second kappa shape index (κ2) is 7.32. The Morgan fingerprint density at radius 2 is 1.91 bits per heavy atom. The highest BCUT2D eigenvalue weighted by atomic mass is 16.3. The molecule has 0 bridgehead atoms. The van der Waals surface area contributed by atoms with Crippen LogP contribution in [0.2, 0.25) is 0 Å². The van der Waals surface area contributed by atoms with E-state index in [2.05, 4.69) is 28.4 Å². The summed E-state index contributed by atoms with van der Waals surface area (Å²) in [6.07, 6.45) is 3.00. The molecule has 1 atom stereocenters. The van der Waals surface area contributed by atoms with E-state index >= 15 is 0 Å². The number of hydrogen-bond acceptors (Lipinski definition) is 4. The van der Waals surface area contributed by atoms with Crippen LogP contribution in [0.1, 0.15) is 24.8 Å². The smallest absolute Gasteiger partial charge is 0.244 e. The minimum absolute atomic E-state index is 0.0960. The molecule has 2 heterocycles. The topological polar surface area (TPSA) is 55.8 Å². The van der Waals surface area contributed by atoms with Gasteiger partial charge in [0.15, 0.2) is 0 Å². The van der Waals surface area contributed by atoms with Crippen molar-refractivity contribution < 1.29 is 9.90 Å². The number of amides is 1. The number of rotatable bonds is 5. The summed E-state index contributed by atoms with van der Waals surface area (Å²) >= 11 is 0. The summed E-state index contributed by atoms with van der Waals surface area (Å²) in [5, 5.41) is 12.7. The molecule has 1 aromatic rings. The first-order chi connectivity index (χ1) is 11.2. The summed E-state index contributed by atoms with van der Waals surface area (Å²) in [7, 11) is 1.86. The number of piperidine rings is 1. The molecule has 0 aromatic heterocycles. The minimum Gasteiger partial charge on any atom is -0.396 e. The van der Waals surface area contributed by atoms with Crippen LogP contribution in [0.15, 0.2) is 24.3 Å². The Balaban J connectivity index is 1.63. The first-order valence-corrected chi connectivity index (χ1v) is 8.60. The number of nitrogens with one attached hydrogen (secondary N) is 1. The van der Waals surface area contributed by atoms with Crippen LogP contribution in [-0.4, -0.2) is 60.1 Å². The highest BCUT2D eigenvalue weighted by molar-refractivity contribution is 5.86. The lowest BCUT2D eigenvalue weighted by molar-refractivity contribution is -0.127. The van der Waals surface area contributed by atoms with Crippen molar-refractivity contribution in [3.8, 4) is 0 Å². The van der Waals surface area contributed by atoms with E-state index in [1.165, 1.54) is 5.56 Å². The van der Waals surface area contributed by atoms with Crippen molar-refractivity contribution in [1.29, 1.82) is 0 Å². The zero-order valence-electron chi connectivity index (χ0n) is 13.9. The zero-order valence-corrected chi connectivity index (χ0v) is 13.9. The van der Waals surface area contributed by atoms with Gasteiger partial charge >= 0.3 is 0 Å². The monoisotopic (exact) mass is 317 g/mol. The van der Waals surface area contributed by atoms with E-state index in [1.807, 2.05) is 13.1 Å². The first kappa shape index (κ1) is 16.3. The van der Waals surface area contributed by atoms with Crippen LogP contribution in [-0.2, 0) is 11.3 Å². The van der Waals surface area contributed by atoms with Crippen molar-refractivity contribution in [2.75, 3.05) is 38.6 Å². The summed E-state index contributed by atoms with van der Waals surface area (Å²) in [6, 6.07) is 8.20. The number of carbonyl (C=O) groups excluding carboxylic acids is 1. The molecule has 2 fully saturated rings. The Morgan fingerprint density at radius 1 is 1.17 bits per heavy atom. The molecular weight excluding hydrogens is 290 g/mol. The van der Waals surface area contributed by atoms with E-state index in [4.69, 9.17) is 0 Å². The number of likely N-dealkylation sites (N-methyl/N-ethyl adjacent to an activating group) is 1. The molecule has 0 saturated carbocycles. The summed E-state index contributed by atoms with van der Waals surface area (Å²) in [5.41, 5.74) is 2.32. The maximum atomic E-state index is 12.1. The van der Waals surface area contributed by atoms with Gasteiger partial charge in [0.05, 0.1) is 0 Å². The van der Waals surface area contributed by atoms with Crippen molar-refractivity contribution in [2.24, 2.45) is 5.92 Å². The van der Waals surface area contributed by atoms with Gasteiger partial charge in [0.25, 0.3) is 0 Å². The maximum absolute atomic E-state index is 12.1. The van der Waals surface area contributed by atoms with Crippen LogP contribution in [0.25, 0.3) is 0 Å². The van der Waals surface area contributed by atoms with Gasteiger partial charge in [-0.3, -0.25) is 9.69 Å². The molecule has 0 aliphatic carbocycles. The quantitative estimate of drug-likeness (QED) is 0.865. The molecule has 5 nitrogen and oxygen atoms in total.